The molecule has 3 nitrogen and oxygen atoms in total. The van der Waals surface area contributed by atoms with Gasteiger partial charge in [0.05, 0.1) is 11.4 Å². The number of hydrogen-bond donors (Lipinski definition) is 0. The summed E-state index contributed by atoms with van der Waals surface area (Å²) in [5.41, 5.74) is 4.74. The minimum atomic E-state index is -0.251. The minimum absolute atomic E-state index is 0.0117. The average Bonchev–Trinajstić information content (AvgIpc) is 2.94. The zero-order valence-corrected chi connectivity index (χ0v) is 19.3. The first-order valence-corrected chi connectivity index (χ1v) is 10.7. The normalized spacial score (nSPS) is 14.0. The first-order valence-electron chi connectivity index (χ1n) is 9.91. The van der Waals surface area contributed by atoms with Gasteiger partial charge in [-0.05, 0) is 52.2 Å². The van der Waals surface area contributed by atoms with Crippen molar-refractivity contribution < 1.29 is 9.18 Å². The van der Waals surface area contributed by atoms with E-state index in [0.29, 0.717) is 13.0 Å². The van der Waals surface area contributed by atoms with Crippen LogP contribution in [0.25, 0.3) is 0 Å². The highest BCUT2D eigenvalue weighted by Crippen LogP contribution is 2.41. The Balaban J connectivity index is 0.000000310. The van der Waals surface area contributed by atoms with Crippen LogP contribution in [-0.2, 0) is 16.6 Å². The lowest BCUT2D eigenvalue weighted by molar-refractivity contribution is -0.116. The van der Waals surface area contributed by atoms with Gasteiger partial charge in [0, 0.05) is 25.3 Å². The van der Waals surface area contributed by atoms with Gasteiger partial charge in [-0.15, -0.1) is 0 Å². The number of hydrogen-bond acceptors (Lipinski definition) is 2. The predicted octanol–water partition coefficient (Wildman–Crippen LogP) is 6.21. The number of carbonyl (C=O) groups is 1. The maximum Gasteiger partial charge on any atom is 0.223 e. The van der Waals surface area contributed by atoms with E-state index in [-0.39, 0.29) is 17.1 Å². The molecule has 4 rings (SSSR count). The summed E-state index contributed by atoms with van der Waals surface area (Å²) in [6.45, 7) is 8.45. The number of pyridine rings is 1. The molecule has 5 heteroatoms. The molecule has 0 unspecified atom stereocenters. The van der Waals surface area contributed by atoms with Gasteiger partial charge >= 0.3 is 0 Å². The Bertz CT molecular complexity index is 1050. The van der Waals surface area contributed by atoms with E-state index in [9.17, 15) is 9.18 Å². The van der Waals surface area contributed by atoms with E-state index in [4.69, 9.17) is 0 Å². The van der Waals surface area contributed by atoms with Crippen LogP contribution < -0.4 is 4.90 Å². The van der Waals surface area contributed by atoms with E-state index in [1.165, 1.54) is 17.7 Å². The van der Waals surface area contributed by atoms with Gasteiger partial charge < -0.3 is 4.90 Å². The van der Waals surface area contributed by atoms with Crippen LogP contribution in [0.3, 0.4) is 0 Å². The molecule has 0 radical (unpaired) electrons. The van der Waals surface area contributed by atoms with Crippen LogP contribution in [0.15, 0.2) is 65.3 Å². The van der Waals surface area contributed by atoms with Crippen LogP contribution in [0, 0.1) is 12.7 Å². The van der Waals surface area contributed by atoms with Crippen molar-refractivity contribution >= 4 is 27.5 Å². The number of rotatable bonds is 2. The zero-order valence-electron chi connectivity index (χ0n) is 17.7. The predicted molar refractivity (Wildman–Crippen MR) is 123 cm³/mol. The summed E-state index contributed by atoms with van der Waals surface area (Å²) >= 11 is 3.53. The highest BCUT2D eigenvalue weighted by atomic mass is 79.9. The van der Waals surface area contributed by atoms with Crippen molar-refractivity contribution in [1.29, 1.82) is 0 Å². The Morgan fingerprint density at radius 1 is 1.13 bits per heavy atom. The molecule has 1 amide bonds. The maximum atomic E-state index is 13.4. The van der Waals surface area contributed by atoms with Crippen molar-refractivity contribution in [2.24, 2.45) is 0 Å². The second-order valence-electron chi connectivity index (χ2n) is 8.26. The summed E-state index contributed by atoms with van der Waals surface area (Å²) in [6.07, 6.45) is 0.560. The maximum absolute atomic E-state index is 13.4. The smallest absolute Gasteiger partial charge is 0.223 e. The molecule has 1 aliphatic rings. The van der Waals surface area contributed by atoms with Crippen LogP contribution in [-0.4, -0.2) is 17.4 Å². The van der Waals surface area contributed by atoms with E-state index >= 15 is 0 Å². The van der Waals surface area contributed by atoms with Crippen molar-refractivity contribution in [2.75, 3.05) is 11.4 Å². The Morgan fingerprint density at radius 2 is 1.83 bits per heavy atom. The number of aromatic nitrogens is 1. The Morgan fingerprint density at radius 3 is 2.40 bits per heavy atom. The standard InChI is InChI=1S/C18H18BrFN2O.C7H8/c1-11(23)22-10-18(2,3)16-15(22)9-13(17(19)21-16)7-12-5-4-6-14(20)8-12;1-7-5-3-2-4-6-7/h4-6,8-9H,7,10H2,1-3H3;2-6H,1H3. The molecule has 0 aliphatic carbocycles. The van der Waals surface area contributed by atoms with Gasteiger partial charge in [0.2, 0.25) is 5.91 Å². The van der Waals surface area contributed by atoms with Crippen LogP contribution in [0.1, 0.15) is 43.2 Å². The lowest BCUT2D eigenvalue weighted by Gasteiger charge is -2.18. The van der Waals surface area contributed by atoms with E-state index in [2.05, 4.69) is 53.8 Å². The Kier molecular flexibility index (Phi) is 6.71. The van der Waals surface area contributed by atoms with Gasteiger partial charge in [-0.3, -0.25) is 4.79 Å². The monoisotopic (exact) mass is 468 g/mol. The number of amides is 1. The summed E-state index contributed by atoms with van der Waals surface area (Å²) in [6, 6.07) is 18.8. The van der Waals surface area contributed by atoms with Gasteiger partial charge in [-0.25, -0.2) is 9.37 Å². The molecule has 30 heavy (non-hydrogen) atoms. The zero-order chi connectivity index (χ0) is 21.9. The summed E-state index contributed by atoms with van der Waals surface area (Å²) in [7, 11) is 0. The molecule has 0 atom stereocenters. The van der Waals surface area contributed by atoms with E-state index in [0.717, 1.165) is 27.1 Å². The van der Waals surface area contributed by atoms with E-state index in [1.54, 1.807) is 17.9 Å². The van der Waals surface area contributed by atoms with Crippen LogP contribution in [0.4, 0.5) is 10.1 Å². The van der Waals surface area contributed by atoms with Gasteiger partial charge in [0.1, 0.15) is 10.4 Å². The minimum Gasteiger partial charge on any atom is -0.310 e. The van der Waals surface area contributed by atoms with Gasteiger partial charge in [-0.1, -0.05) is 61.9 Å². The second-order valence-corrected chi connectivity index (χ2v) is 9.01. The molecule has 0 saturated carbocycles. The highest BCUT2D eigenvalue weighted by Gasteiger charge is 2.39. The molecule has 0 N–H and O–H groups in total. The lowest BCUT2D eigenvalue weighted by Crippen LogP contribution is -2.32. The molecule has 2 heterocycles. The highest BCUT2D eigenvalue weighted by molar-refractivity contribution is 9.10. The molecule has 156 valence electrons. The molecule has 1 aromatic heterocycles. The summed E-state index contributed by atoms with van der Waals surface area (Å²) < 4.78 is 14.1. The summed E-state index contributed by atoms with van der Waals surface area (Å²) in [5, 5.41) is 0. The van der Waals surface area contributed by atoms with Crippen molar-refractivity contribution in [2.45, 2.75) is 39.5 Å². The molecule has 2 aromatic carbocycles. The number of halogens is 2. The summed E-state index contributed by atoms with van der Waals surface area (Å²) in [4.78, 5) is 18.4. The molecule has 1 aliphatic heterocycles. The molecular formula is C25H26BrFN2O. The van der Waals surface area contributed by atoms with Crippen molar-refractivity contribution in [1.82, 2.24) is 4.98 Å². The number of anilines is 1. The van der Waals surface area contributed by atoms with Crippen LogP contribution in [0.2, 0.25) is 0 Å². The van der Waals surface area contributed by atoms with Gasteiger partial charge in [0.15, 0.2) is 0 Å². The number of aryl methyl sites for hydroxylation is 1. The van der Waals surface area contributed by atoms with Crippen molar-refractivity contribution in [3.8, 4) is 0 Å². The molecule has 0 fully saturated rings. The van der Waals surface area contributed by atoms with Gasteiger partial charge in [-0.2, -0.15) is 0 Å². The van der Waals surface area contributed by atoms with Crippen molar-refractivity contribution in [3.63, 3.8) is 0 Å². The van der Waals surface area contributed by atoms with Gasteiger partial charge in [0.25, 0.3) is 0 Å². The summed E-state index contributed by atoms with van der Waals surface area (Å²) in [5.74, 6) is -0.239. The molecule has 0 saturated heterocycles. The molecule has 0 bridgehead atoms. The fourth-order valence-electron chi connectivity index (χ4n) is 3.59. The largest absolute Gasteiger partial charge is 0.310 e. The first kappa shape index (κ1) is 22.2. The molecule has 0 spiro atoms. The molecule has 3 aromatic rings. The van der Waals surface area contributed by atoms with Crippen LogP contribution >= 0.6 is 15.9 Å². The number of carbonyl (C=O) groups excluding carboxylic acids is 1. The third kappa shape index (κ3) is 5.14. The fraction of sp³-hybridized carbons (Fsp3) is 0.280. The van der Waals surface area contributed by atoms with E-state index < -0.39 is 0 Å². The Labute approximate surface area is 186 Å². The average molecular weight is 469 g/mol. The third-order valence-corrected chi connectivity index (χ3v) is 5.80. The fourth-order valence-corrected chi connectivity index (χ4v) is 4.02. The SMILES string of the molecule is CC(=O)N1CC(C)(C)c2nc(Br)c(Cc3cccc(F)c3)cc21.Cc1ccccc1. The van der Waals surface area contributed by atoms with Crippen molar-refractivity contribution in [3.05, 3.63) is 93.5 Å². The second kappa shape index (κ2) is 9.09. The molecular weight excluding hydrogens is 443 g/mol. The van der Waals surface area contributed by atoms with E-state index in [1.807, 2.05) is 30.3 Å². The third-order valence-electron chi connectivity index (χ3n) is 5.12. The number of nitrogens with zero attached hydrogens (tertiary/aromatic N) is 2. The Hall–Kier alpha value is -2.53. The quantitative estimate of drug-likeness (QED) is 0.418. The first-order chi connectivity index (χ1) is 14.2. The lowest BCUT2D eigenvalue weighted by atomic mass is 9.91. The topological polar surface area (TPSA) is 33.2 Å². The van der Waals surface area contributed by atoms with Crippen LogP contribution in [0.5, 0.6) is 0 Å². The number of benzene rings is 2. The number of fused-ring (bicyclic) bond motifs is 1.